The number of likely N-dealkylation sites (tertiary alicyclic amines) is 1. The number of hydrogen-bond acceptors (Lipinski definition) is 5. The minimum Gasteiger partial charge on any atom is -0.390 e. The van der Waals surface area contributed by atoms with Crippen molar-refractivity contribution in [2.24, 2.45) is 0 Å². The van der Waals surface area contributed by atoms with Gasteiger partial charge in [0.1, 0.15) is 0 Å². The maximum atomic E-state index is 10.0. The third-order valence-corrected chi connectivity index (χ3v) is 5.53. The molecule has 20 heavy (non-hydrogen) atoms. The first kappa shape index (κ1) is 14.4. The van der Waals surface area contributed by atoms with Crippen LogP contribution in [-0.2, 0) is 6.54 Å². The number of hydrogen-bond donors (Lipinski definition) is 2. The van der Waals surface area contributed by atoms with Crippen LogP contribution in [0.25, 0.3) is 0 Å². The van der Waals surface area contributed by atoms with Gasteiger partial charge >= 0.3 is 0 Å². The highest BCUT2D eigenvalue weighted by Crippen LogP contribution is 2.38. The molecular weight excluding hydrogens is 270 g/mol. The van der Waals surface area contributed by atoms with Gasteiger partial charge in [-0.15, -0.1) is 11.3 Å². The molecule has 1 saturated heterocycles. The van der Waals surface area contributed by atoms with E-state index in [1.165, 1.54) is 42.0 Å². The van der Waals surface area contributed by atoms with Gasteiger partial charge in [-0.1, -0.05) is 6.42 Å². The van der Waals surface area contributed by atoms with Gasteiger partial charge in [-0.3, -0.25) is 0 Å². The summed E-state index contributed by atoms with van der Waals surface area (Å²) >= 11 is 1.84. The van der Waals surface area contributed by atoms with Crippen molar-refractivity contribution in [3.63, 3.8) is 0 Å². The van der Waals surface area contributed by atoms with Crippen LogP contribution in [0, 0.1) is 0 Å². The van der Waals surface area contributed by atoms with E-state index in [0.717, 1.165) is 32.1 Å². The summed E-state index contributed by atoms with van der Waals surface area (Å²) in [7, 11) is 0. The number of aromatic nitrogens is 1. The monoisotopic (exact) mass is 295 g/mol. The minimum absolute atomic E-state index is 0.257. The zero-order valence-corrected chi connectivity index (χ0v) is 12.9. The Labute approximate surface area is 125 Å². The fraction of sp³-hybridized carbons (Fsp3) is 0.800. The van der Waals surface area contributed by atoms with E-state index < -0.39 is 0 Å². The highest BCUT2D eigenvalue weighted by Gasteiger charge is 2.22. The molecule has 0 bridgehead atoms. The van der Waals surface area contributed by atoms with Gasteiger partial charge in [0, 0.05) is 36.6 Å². The van der Waals surface area contributed by atoms with Crippen molar-refractivity contribution in [1.29, 1.82) is 0 Å². The van der Waals surface area contributed by atoms with Crippen LogP contribution in [0.3, 0.4) is 0 Å². The summed E-state index contributed by atoms with van der Waals surface area (Å²) in [6, 6.07) is 0. The van der Waals surface area contributed by atoms with Crippen LogP contribution in [0.5, 0.6) is 0 Å². The number of β-amino-alcohol motifs (C(OH)–C–C–N with tert-alkyl or cyclic N) is 1. The molecule has 2 aliphatic rings. The van der Waals surface area contributed by atoms with Crippen LogP contribution in [0.4, 0.5) is 0 Å². The minimum atomic E-state index is -0.257. The number of rotatable bonds is 7. The van der Waals surface area contributed by atoms with E-state index in [9.17, 15) is 5.11 Å². The Balaban J connectivity index is 1.35. The van der Waals surface area contributed by atoms with E-state index >= 15 is 0 Å². The van der Waals surface area contributed by atoms with E-state index in [1.807, 2.05) is 17.5 Å². The standard InChI is InChI=1S/C15H25N3OS/c19-13(11-18-6-1-2-7-18)8-16-9-14-10-17-15(20-14)12-4-3-5-12/h10,12-13,16,19H,1-9,11H2/t13-/m0/s1. The van der Waals surface area contributed by atoms with Crippen LogP contribution in [0.1, 0.15) is 47.9 Å². The molecule has 1 aliphatic heterocycles. The van der Waals surface area contributed by atoms with E-state index in [2.05, 4.69) is 15.2 Å². The second kappa shape index (κ2) is 6.98. The first-order valence-corrected chi connectivity index (χ1v) is 8.68. The zero-order valence-electron chi connectivity index (χ0n) is 12.1. The fourth-order valence-corrected chi connectivity index (χ4v) is 3.99. The first-order chi connectivity index (χ1) is 9.81. The van der Waals surface area contributed by atoms with Gasteiger partial charge in [0.2, 0.25) is 0 Å². The molecule has 3 rings (SSSR count). The van der Waals surface area contributed by atoms with E-state index in [0.29, 0.717) is 6.54 Å². The molecule has 4 nitrogen and oxygen atoms in total. The Morgan fingerprint density at radius 1 is 1.35 bits per heavy atom. The number of nitrogens with zero attached hydrogens (tertiary/aromatic N) is 2. The summed E-state index contributed by atoms with van der Waals surface area (Å²) < 4.78 is 0. The van der Waals surface area contributed by atoms with Gasteiger partial charge in [0.15, 0.2) is 0 Å². The molecule has 1 atom stereocenters. The fourth-order valence-electron chi connectivity index (χ4n) is 2.94. The molecule has 0 spiro atoms. The lowest BCUT2D eigenvalue weighted by Gasteiger charge is -2.22. The van der Waals surface area contributed by atoms with Crippen LogP contribution in [-0.4, -0.2) is 47.3 Å². The quantitative estimate of drug-likeness (QED) is 0.807. The van der Waals surface area contributed by atoms with Crippen molar-refractivity contribution < 1.29 is 5.11 Å². The zero-order chi connectivity index (χ0) is 13.8. The highest BCUT2D eigenvalue weighted by atomic mass is 32.1. The van der Waals surface area contributed by atoms with Crippen molar-refractivity contribution in [2.75, 3.05) is 26.2 Å². The largest absolute Gasteiger partial charge is 0.390 e. The van der Waals surface area contributed by atoms with Crippen molar-refractivity contribution in [3.05, 3.63) is 16.1 Å². The topological polar surface area (TPSA) is 48.4 Å². The lowest BCUT2D eigenvalue weighted by molar-refractivity contribution is 0.123. The average Bonchev–Trinajstić information content (AvgIpc) is 2.99. The van der Waals surface area contributed by atoms with Crippen LogP contribution < -0.4 is 5.32 Å². The number of nitrogens with one attached hydrogen (secondary N) is 1. The SMILES string of the molecule is O[C@@H](CNCc1cnc(C2CCC2)s1)CN1CCCC1. The molecular formula is C15H25N3OS. The summed E-state index contributed by atoms with van der Waals surface area (Å²) in [4.78, 5) is 8.17. The highest BCUT2D eigenvalue weighted by molar-refractivity contribution is 7.11. The summed E-state index contributed by atoms with van der Waals surface area (Å²) in [6.45, 7) is 4.62. The van der Waals surface area contributed by atoms with Gasteiger partial charge in [-0.25, -0.2) is 4.98 Å². The van der Waals surface area contributed by atoms with Gasteiger partial charge in [-0.05, 0) is 38.8 Å². The third kappa shape index (κ3) is 3.79. The Hall–Kier alpha value is -0.490. The number of aliphatic hydroxyl groups excluding tert-OH is 1. The summed E-state index contributed by atoms with van der Waals surface area (Å²) in [5, 5.41) is 14.7. The predicted octanol–water partition coefficient (Wildman–Crippen LogP) is 1.96. The normalized spacial score (nSPS) is 22.1. The molecule has 2 fully saturated rings. The molecule has 0 unspecified atom stereocenters. The molecule has 1 aromatic heterocycles. The molecule has 1 saturated carbocycles. The molecule has 112 valence electrons. The first-order valence-electron chi connectivity index (χ1n) is 7.87. The van der Waals surface area contributed by atoms with Gasteiger partial charge < -0.3 is 15.3 Å². The van der Waals surface area contributed by atoms with E-state index in [1.54, 1.807) is 0 Å². The Kier molecular flexibility index (Phi) is 5.04. The van der Waals surface area contributed by atoms with Crippen molar-refractivity contribution in [1.82, 2.24) is 15.2 Å². The molecule has 2 N–H and O–H groups in total. The van der Waals surface area contributed by atoms with E-state index in [-0.39, 0.29) is 6.10 Å². The number of aliphatic hydroxyl groups is 1. The molecule has 0 amide bonds. The summed E-state index contributed by atoms with van der Waals surface area (Å²) in [5.74, 6) is 0.731. The van der Waals surface area contributed by atoms with E-state index in [4.69, 9.17) is 0 Å². The summed E-state index contributed by atoms with van der Waals surface area (Å²) in [5.41, 5.74) is 0. The smallest absolute Gasteiger partial charge is 0.0959 e. The van der Waals surface area contributed by atoms with Gasteiger partial charge in [-0.2, -0.15) is 0 Å². The molecule has 5 heteroatoms. The molecule has 2 heterocycles. The summed E-state index contributed by atoms with van der Waals surface area (Å²) in [6.07, 6.45) is 8.30. The van der Waals surface area contributed by atoms with Crippen LogP contribution >= 0.6 is 11.3 Å². The third-order valence-electron chi connectivity index (χ3n) is 4.37. The van der Waals surface area contributed by atoms with Gasteiger partial charge in [0.25, 0.3) is 0 Å². The lowest BCUT2D eigenvalue weighted by atomic mass is 9.86. The van der Waals surface area contributed by atoms with Gasteiger partial charge in [0.05, 0.1) is 11.1 Å². The molecule has 0 radical (unpaired) electrons. The molecule has 1 aliphatic carbocycles. The maximum Gasteiger partial charge on any atom is 0.0959 e. The Bertz CT molecular complexity index is 413. The maximum absolute atomic E-state index is 10.0. The van der Waals surface area contributed by atoms with Crippen molar-refractivity contribution in [3.8, 4) is 0 Å². The second-order valence-electron chi connectivity index (χ2n) is 6.09. The lowest BCUT2D eigenvalue weighted by Crippen LogP contribution is -2.36. The Morgan fingerprint density at radius 2 is 2.15 bits per heavy atom. The van der Waals surface area contributed by atoms with Crippen molar-refractivity contribution in [2.45, 2.75) is 50.7 Å². The second-order valence-corrected chi connectivity index (χ2v) is 7.23. The predicted molar refractivity (Wildman–Crippen MR) is 82.1 cm³/mol. The van der Waals surface area contributed by atoms with Crippen LogP contribution in [0.2, 0.25) is 0 Å². The average molecular weight is 295 g/mol. The number of thiazole rings is 1. The Morgan fingerprint density at radius 3 is 2.85 bits per heavy atom. The molecule has 1 aromatic rings. The molecule has 0 aromatic carbocycles. The van der Waals surface area contributed by atoms with Crippen molar-refractivity contribution >= 4 is 11.3 Å². The van der Waals surface area contributed by atoms with Crippen LogP contribution in [0.15, 0.2) is 6.20 Å².